The molecular weight excluding hydrogens is 178 g/mol. The quantitative estimate of drug-likeness (QED) is 0.627. The molecule has 0 aromatic rings. The molecule has 2 rings (SSSR count). The molecule has 3 heteroatoms. The molecule has 14 heavy (non-hydrogen) atoms. The van der Waals surface area contributed by atoms with Gasteiger partial charge in [-0.25, -0.2) is 0 Å². The van der Waals surface area contributed by atoms with Crippen LogP contribution < -0.4 is 0 Å². The molecule has 1 aliphatic heterocycles. The van der Waals surface area contributed by atoms with E-state index < -0.39 is 0 Å². The van der Waals surface area contributed by atoms with E-state index >= 15 is 0 Å². The van der Waals surface area contributed by atoms with Crippen LogP contribution in [0.1, 0.15) is 32.1 Å². The Kier molecular flexibility index (Phi) is 3.06. The number of ether oxygens (including phenoxy) is 1. The summed E-state index contributed by atoms with van der Waals surface area (Å²) >= 11 is 0. The van der Waals surface area contributed by atoms with Gasteiger partial charge in [0.1, 0.15) is 0 Å². The molecule has 1 saturated heterocycles. The van der Waals surface area contributed by atoms with E-state index in [1.807, 2.05) is 0 Å². The summed E-state index contributed by atoms with van der Waals surface area (Å²) < 4.78 is 4.78. The highest BCUT2D eigenvalue weighted by Gasteiger charge is 2.33. The number of carbonyl (C=O) groups is 1. The van der Waals surface area contributed by atoms with Crippen LogP contribution in [0.2, 0.25) is 0 Å². The van der Waals surface area contributed by atoms with Gasteiger partial charge in [-0.3, -0.25) is 9.69 Å². The van der Waals surface area contributed by atoms with Crippen molar-refractivity contribution in [1.82, 2.24) is 4.90 Å². The predicted molar refractivity (Wildman–Crippen MR) is 54.0 cm³/mol. The van der Waals surface area contributed by atoms with Gasteiger partial charge < -0.3 is 4.74 Å². The zero-order valence-corrected chi connectivity index (χ0v) is 8.87. The standard InChI is InChI=1S/C11H19NO2/c1-14-11(13)9-6-7-12(8-9)10-4-2-3-5-10/h9-10H,2-8H2,1H3. The zero-order valence-electron chi connectivity index (χ0n) is 8.87. The fraction of sp³-hybridized carbons (Fsp3) is 0.909. The fourth-order valence-electron chi connectivity index (χ4n) is 2.75. The monoisotopic (exact) mass is 197 g/mol. The van der Waals surface area contributed by atoms with Gasteiger partial charge in [0.25, 0.3) is 0 Å². The molecule has 0 spiro atoms. The van der Waals surface area contributed by atoms with Gasteiger partial charge in [0.05, 0.1) is 13.0 Å². The van der Waals surface area contributed by atoms with E-state index in [0.29, 0.717) is 0 Å². The van der Waals surface area contributed by atoms with Crippen molar-refractivity contribution in [3.8, 4) is 0 Å². The van der Waals surface area contributed by atoms with E-state index in [2.05, 4.69) is 4.90 Å². The Balaban J connectivity index is 1.84. The third kappa shape index (κ3) is 1.92. The molecule has 2 fully saturated rings. The highest BCUT2D eigenvalue weighted by molar-refractivity contribution is 5.72. The molecule has 0 bridgehead atoms. The van der Waals surface area contributed by atoms with Gasteiger partial charge in [0.15, 0.2) is 0 Å². The smallest absolute Gasteiger partial charge is 0.310 e. The van der Waals surface area contributed by atoms with Crippen molar-refractivity contribution < 1.29 is 9.53 Å². The van der Waals surface area contributed by atoms with Crippen molar-refractivity contribution in [3.05, 3.63) is 0 Å². The predicted octanol–water partition coefficient (Wildman–Crippen LogP) is 1.42. The van der Waals surface area contributed by atoms with Crippen molar-refractivity contribution >= 4 is 5.97 Å². The lowest BCUT2D eigenvalue weighted by Gasteiger charge is -2.22. The van der Waals surface area contributed by atoms with Crippen LogP contribution in [-0.2, 0) is 9.53 Å². The van der Waals surface area contributed by atoms with Gasteiger partial charge in [0, 0.05) is 12.6 Å². The van der Waals surface area contributed by atoms with Crippen molar-refractivity contribution in [2.75, 3.05) is 20.2 Å². The first-order valence-corrected chi connectivity index (χ1v) is 5.63. The summed E-state index contributed by atoms with van der Waals surface area (Å²) in [4.78, 5) is 13.8. The number of likely N-dealkylation sites (tertiary alicyclic amines) is 1. The Bertz CT molecular complexity index is 211. The molecule has 1 saturated carbocycles. The van der Waals surface area contributed by atoms with Crippen LogP contribution in [0.15, 0.2) is 0 Å². The normalized spacial score (nSPS) is 29.6. The first kappa shape index (κ1) is 9.97. The second kappa shape index (κ2) is 4.30. The molecule has 0 radical (unpaired) electrons. The summed E-state index contributed by atoms with van der Waals surface area (Å²) in [5, 5.41) is 0. The van der Waals surface area contributed by atoms with Gasteiger partial charge in [0.2, 0.25) is 0 Å². The number of carbonyl (C=O) groups excluding carboxylic acids is 1. The van der Waals surface area contributed by atoms with Crippen LogP contribution >= 0.6 is 0 Å². The number of hydrogen-bond donors (Lipinski definition) is 0. The Morgan fingerprint density at radius 1 is 1.29 bits per heavy atom. The average molecular weight is 197 g/mol. The Morgan fingerprint density at radius 3 is 2.64 bits per heavy atom. The maximum atomic E-state index is 11.3. The van der Waals surface area contributed by atoms with Crippen molar-refractivity contribution in [2.24, 2.45) is 5.92 Å². The maximum Gasteiger partial charge on any atom is 0.310 e. The minimum Gasteiger partial charge on any atom is -0.469 e. The van der Waals surface area contributed by atoms with E-state index in [9.17, 15) is 4.79 Å². The van der Waals surface area contributed by atoms with Crippen LogP contribution in [0.5, 0.6) is 0 Å². The summed E-state index contributed by atoms with van der Waals surface area (Å²) in [6.45, 7) is 2.02. The minimum atomic E-state index is -0.0227. The van der Waals surface area contributed by atoms with Crippen molar-refractivity contribution in [2.45, 2.75) is 38.1 Å². The zero-order chi connectivity index (χ0) is 9.97. The van der Waals surface area contributed by atoms with Crippen molar-refractivity contribution in [1.29, 1.82) is 0 Å². The molecule has 0 amide bonds. The summed E-state index contributed by atoms with van der Waals surface area (Å²) in [6.07, 6.45) is 6.37. The average Bonchev–Trinajstić information content (AvgIpc) is 2.86. The molecule has 1 unspecified atom stereocenters. The molecule has 0 aromatic carbocycles. The minimum absolute atomic E-state index is 0.0227. The number of rotatable bonds is 2. The molecule has 0 N–H and O–H groups in total. The second-order valence-electron chi connectivity index (χ2n) is 4.44. The first-order chi connectivity index (χ1) is 6.81. The van der Waals surface area contributed by atoms with E-state index in [0.717, 1.165) is 25.6 Å². The van der Waals surface area contributed by atoms with Crippen molar-refractivity contribution in [3.63, 3.8) is 0 Å². The van der Waals surface area contributed by atoms with Crippen LogP contribution in [0.4, 0.5) is 0 Å². The largest absolute Gasteiger partial charge is 0.469 e. The third-order valence-corrected chi connectivity index (χ3v) is 3.60. The SMILES string of the molecule is COC(=O)C1CCN(C2CCCC2)C1. The topological polar surface area (TPSA) is 29.5 Å². The summed E-state index contributed by atoms with van der Waals surface area (Å²) in [6, 6.07) is 0.754. The number of esters is 1. The van der Waals surface area contributed by atoms with E-state index in [1.165, 1.54) is 32.8 Å². The first-order valence-electron chi connectivity index (χ1n) is 5.63. The molecule has 80 valence electrons. The third-order valence-electron chi connectivity index (χ3n) is 3.60. The van der Waals surface area contributed by atoms with E-state index in [4.69, 9.17) is 4.74 Å². The summed E-state index contributed by atoms with van der Waals surface area (Å²) in [5.41, 5.74) is 0. The van der Waals surface area contributed by atoms with Gasteiger partial charge in [-0.05, 0) is 25.8 Å². The number of nitrogens with zero attached hydrogens (tertiary/aromatic N) is 1. The molecule has 2 aliphatic rings. The van der Waals surface area contributed by atoms with Gasteiger partial charge in [-0.1, -0.05) is 12.8 Å². The number of hydrogen-bond acceptors (Lipinski definition) is 3. The molecular formula is C11H19NO2. The van der Waals surface area contributed by atoms with E-state index in [1.54, 1.807) is 0 Å². The Hall–Kier alpha value is -0.570. The van der Waals surface area contributed by atoms with E-state index in [-0.39, 0.29) is 11.9 Å². The Labute approximate surface area is 85.4 Å². The van der Waals surface area contributed by atoms with Crippen LogP contribution in [0.3, 0.4) is 0 Å². The van der Waals surface area contributed by atoms with Gasteiger partial charge >= 0.3 is 5.97 Å². The molecule has 1 heterocycles. The van der Waals surface area contributed by atoms with Crippen LogP contribution in [-0.4, -0.2) is 37.1 Å². The molecule has 1 aliphatic carbocycles. The maximum absolute atomic E-state index is 11.3. The lowest BCUT2D eigenvalue weighted by molar-refractivity contribution is -0.145. The lowest BCUT2D eigenvalue weighted by atomic mass is 10.1. The van der Waals surface area contributed by atoms with Gasteiger partial charge in [-0.15, -0.1) is 0 Å². The lowest BCUT2D eigenvalue weighted by Crippen LogP contribution is -2.32. The molecule has 3 nitrogen and oxygen atoms in total. The number of methoxy groups -OCH3 is 1. The van der Waals surface area contributed by atoms with Gasteiger partial charge in [-0.2, -0.15) is 0 Å². The van der Waals surface area contributed by atoms with Crippen LogP contribution in [0, 0.1) is 5.92 Å². The molecule has 1 atom stereocenters. The summed E-state index contributed by atoms with van der Waals surface area (Å²) in [7, 11) is 1.49. The highest BCUT2D eigenvalue weighted by Crippen LogP contribution is 2.28. The highest BCUT2D eigenvalue weighted by atomic mass is 16.5. The van der Waals surface area contributed by atoms with Crippen LogP contribution in [0.25, 0.3) is 0 Å². The second-order valence-corrected chi connectivity index (χ2v) is 4.44. The Morgan fingerprint density at radius 2 is 2.00 bits per heavy atom. The summed E-state index contributed by atoms with van der Waals surface area (Å²) in [5.74, 6) is 0.117. The fourth-order valence-corrected chi connectivity index (χ4v) is 2.75. The molecule has 0 aromatic heterocycles.